The van der Waals surface area contributed by atoms with Gasteiger partial charge in [-0.1, -0.05) is 0 Å². The van der Waals surface area contributed by atoms with Crippen LogP contribution in [-0.4, -0.2) is 16.0 Å². The zero-order valence-electron chi connectivity index (χ0n) is 4.60. The summed E-state index contributed by atoms with van der Waals surface area (Å²) in [5.74, 6) is -0.300. The average molecular weight is 189 g/mol. The van der Waals surface area contributed by atoms with E-state index in [-0.39, 0.29) is 5.82 Å². The normalized spacial score (nSPS) is 9.44. The van der Waals surface area contributed by atoms with Gasteiger partial charge in [0.05, 0.1) is 0 Å². The summed E-state index contributed by atoms with van der Waals surface area (Å²) in [4.78, 5) is 0. The molecule has 0 aliphatic carbocycles. The van der Waals surface area contributed by atoms with Crippen molar-refractivity contribution in [3.63, 3.8) is 0 Å². The number of anilines is 1. The summed E-state index contributed by atoms with van der Waals surface area (Å²) in [7, 11) is 0. The van der Waals surface area contributed by atoms with Crippen LogP contribution in [0, 0.1) is 5.82 Å². The summed E-state index contributed by atoms with van der Waals surface area (Å²) in [5.41, 5.74) is 5.80. The Balaban J connectivity index is 3.17. The SMILES string of the molecule is Nc1cc(F)ccc1[Se]. The van der Waals surface area contributed by atoms with E-state index in [1.165, 1.54) is 12.1 Å². The molecule has 0 heterocycles. The van der Waals surface area contributed by atoms with Crippen molar-refractivity contribution in [3.05, 3.63) is 24.0 Å². The van der Waals surface area contributed by atoms with Crippen molar-refractivity contribution in [1.82, 2.24) is 0 Å². The Morgan fingerprint density at radius 3 is 2.56 bits per heavy atom. The second-order valence-corrected chi connectivity index (χ2v) is 2.60. The summed E-state index contributed by atoms with van der Waals surface area (Å²) in [6.45, 7) is 0. The van der Waals surface area contributed by atoms with Crippen LogP contribution in [0.1, 0.15) is 0 Å². The third kappa shape index (κ3) is 1.44. The van der Waals surface area contributed by atoms with Crippen LogP contribution in [-0.2, 0) is 0 Å². The van der Waals surface area contributed by atoms with Gasteiger partial charge in [0, 0.05) is 0 Å². The Hall–Kier alpha value is -0.531. The van der Waals surface area contributed by atoms with Crippen molar-refractivity contribution >= 4 is 26.2 Å². The molecule has 0 atom stereocenters. The van der Waals surface area contributed by atoms with E-state index in [1.54, 1.807) is 6.07 Å². The predicted molar refractivity (Wildman–Crippen MR) is 36.2 cm³/mol. The monoisotopic (exact) mass is 190 g/mol. The third-order valence-corrected chi connectivity index (χ3v) is 1.75. The van der Waals surface area contributed by atoms with Gasteiger partial charge in [0.1, 0.15) is 0 Å². The Morgan fingerprint density at radius 1 is 1.44 bits per heavy atom. The summed E-state index contributed by atoms with van der Waals surface area (Å²) in [5, 5.41) is 0. The van der Waals surface area contributed by atoms with Gasteiger partial charge in [-0.15, -0.1) is 0 Å². The van der Waals surface area contributed by atoms with Crippen LogP contribution in [0.15, 0.2) is 18.2 Å². The fourth-order valence-corrected chi connectivity index (χ4v) is 0.786. The van der Waals surface area contributed by atoms with Crippen LogP contribution in [0.4, 0.5) is 10.1 Å². The van der Waals surface area contributed by atoms with Gasteiger partial charge >= 0.3 is 60.3 Å². The fourth-order valence-electron chi connectivity index (χ4n) is 0.519. The average Bonchev–Trinajstić information content (AvgIpc) is 1.80. The molecule has 1 aromatic carbocycles. The van der Waals surface area contributed by atoms with Crippen LogP contribution in [0.5, 0.6) is 0 Å². The van der Waals surface area contributed by atoms with Gasteiger partial charge in [0.15, 0.2) is 0 Å². The van der Waals surface area contributed by atoms with E-state index in [4.69, 9.17) is 5.73 Å². The molecule has 1 aromatic rings. The molecule has 0 bridgehead atoms. The van der Waals surface area contributed by atoms with Gasteiger partial charge < -0.3 is 0 Å². The maximum absolute atomic E-state index is 12.3. The first-order valence-corrected chi connectivity index (χ1v) is 3.28. The van der Waals surface area contributed by atoms with Gasteiger partial charge in [-0.2, -0.15) is 0 Å². The Bertz CT molecular complexity index is 224. The first-order valence-electron chi connectivity index (χ1n) is 2.42. The van der Waals surface area contributed by atoms with Crippen LogP contribution in [0.25, 0.3) is 0 Å². The Morgan fingerprint density at radius 2 is 2.11 bits per heavy atom. The van der Waals surface area contributed by atoms with Crippen molar-refractivity contribution < 1.29 is 4.39 Å². The molecule has 9 heavy (non-hydrogen) atoms. The van der Waals surface area contributed by atoms with Crippen LogP contribution < -0.4 is 10.2 Å². The van der Waals surface area contributed by atoms with E-state index in [2.05, 4.69) is 16.0 Å². The van der Waals surface area contributed by atoms with Gasteiger partial charge in [-0.05, 0) is 0 Å². The number of halogens is 1. The van der Waals surface area contributed by atoms with Gasteiger partial charge in [0.25, 0.3) is 0 Å². The Labute approximate surface area is 60.9 Å². The van der Waals surface area contributed by atoms with E-state index < -0.39 is 0 Å². The van der Waals surface area contributed by atoms with Crippen LogP contribution in [0.3, 0.4) is 0 Å². The minimum atomic E-state index is -0.300. The number of nitrogens with two attached hydrogens (primary N) is 1. The number of hydrogen-bond acceptors (Lipinski definition) is 1. The van der Waals surface area contributed by atoms with Gasteiger partial charge in [0.2, 0.25) is 0 Å². The number of nitrogen functional groups attached to an aromatic ring is 1. The zero-order chi connectivity index (χ0) is 6.85. The molecule has 0 aromatic heterocycles. The van der Waals surface area contributed by atoms with Crippen molar-refractivity contribution in [3.8, 4) is 0 Å². The van der Waals surface area contributed by atoms with Crippen molar-refractivity contribution in [1.29, 1.82) is 0 Å². The summed E-state index contributed by atoms with van der Waals surface area (Å²) >= 11 is 2.71. The number of rotatable bonds is 0. The number of hydrogen-bond donors (Lipinski definition) is 1. The molecule has 0 fully saturated rings. The second kappa shape index (κ2) is 2.38. The molecule has 0 aliphatic rings. The Kier molecular flexibility index (Phi) is 1.74. The van der Waals surface area contributed by atoms with Gasteiger partial charge in [-0.3, -0.25) is 0 Å². The van der Waals surface area contributed by atoms with Crippen molar-refractivity contribution in [2.75, 3.05) is 5.73 Å². The first kappa shape index (κ1) is 6.59. The summed E-state index contributed by atoms with van der Waals surface area (Å²) < 4.78 is 13.0. The van der Waals surface area contributed by atoms with E-state index in [0.717, 1.165) is 4.46 Å². The predicted octanol–water partition coefficient (Wildman–Crippen LogP) is 0.202. The summed E-state index contributed by atoms with van der Waals surface area (Å²) in [6, 6.07) is 4.25. The molecule has 0 spiro atoms. The quantitative estimate of drug-likeness (QED) is 0.458. The van der Waals surface area contributed by atoms with Crippen LogP contribution in [0.2, 0.25) is 0 Å². The molecule has 0 aliphatic heterocycles. The molecule has 47 valence electrons. The molecular weight excluding hydrogens is 184 g/mol. The molecule has 0 saturated carbocycles. The first-order chi connectivity index (χ1) is 4.20. The van der Waals surface area contributed by atoms with Gasteiger partial charge in [-0.25, -0.2) is 0 Å². The fraction of sp³-hybridized carbons (Fsp3) is 0. The maximum atomic E-state index is 12.3. The van der Waals surface area contributed by atoms with E-state index in [1.807, 2.05) is 0 Å². The van der Waals surface area contributed by atoms with Crippen molar-refractivity contribution in [2.24, 2.45) is 0 Å². The van der Waals surface area contributed by atoms with E-state index >= 15 is 0 Å². The molecule has 3 heteroatoms. The molecule has 1 nitrogen and oxygen atoms in total. The topological polar surface area (TPSA) is 26.0 Å². The molecule has 0 unspecified atom stereocenters. The van der Waals surface area contributed by atoms with Crippen molar-refractivity contribution in [2.45, 2.75) is 0 Å². The molecule has 0 saturated heterocycles. The van der Waals surface area contributed by atoms with E-state index in [9.17, 15) is 4.39 Å². The standard InChI is InChI=1S/C6H5FNSe/c7-4-1-2-6(9)5(8)3-4/h1-3H,8H2. The third-order valence-electron chi connectivity index (χ3n) is 0.972. The van der Waals surface area contributed by atoms with Crippen LogP contribution >= 0.6 is 0 Å². The molecule has 0 amide bonds. The molecule has 2 N–H and O–H groups in total. The number of benzene rings is 1. The minimum absolute atomic E-state index is 0.300. The molecule has 1 rings (SSSR count). The molecular formula is C6H5FNSe. The second-order valence-electron chi connectivity index (χ2n) is 1.68. The molecule has 1 radical (unpaired) electrons. The summed E-state index contributed by atoms with van der Waals surface area (Å²) in [6.07, 6.45) is 0. The zero-order valence-corrected chi connectivity index (χ0v) is 6.31. The van der Waals surface area contributed by atoms with E-state index in [0.29, 0.717) is 5.69 Å².